The fourth-order valence-corrected chi connectivity index (χ4v) is 2.52. The lowest BCUT2D eigenvalue weighted by atomic mass is 10.2. The summed E-state index contributed by atoms with van der Waals surface area (Å²) in [5.41, 5.74) is 3.99. The first-order valence-corrected chi connectivity index (χ1v) is 8.85. The quantitative estimate of drug-likeness (QED) is 0.278. The molecule has 9 heteroatoms. The van der Waals surface area contributed by atoms with E-state index < -0.39 is 5.97 Å². The van der Waals surface area contributed by atoms with Gasteiger partial charge in [-0.05, 0) is 55.0 Å². The van der Waals surface area contributed by atoms with Gasteiger partial charge in [-0.1, -0.05) is 11.6 Å². The number of hydrogen-bond acceptors (Lipinski definition) is 7. The summed E-state index contributed by atoms with van der Waals surface area (Å²) in [6, 6.07) is 12.7. The molecule has 2 aromatic carbocycles. The molecular weight excluding hydrogens is 396 g/mol. The fraction of sp³-hybridized carbons (Fsp3) is 0.100. The molecule has 0 radical (unpaired) electrons. The van der Waals surface area contributed by atoms with Gasteiger partial charge in [-0.15, -0.1) is 0 Å². The summed E-state index contributed by atoms with van der Waals surface area (Å²) >= 11 is 5.83. The normalized spacial score (nSPS) is 10.7. The van der Waals surface area contributed by atoms with Crippen molar-refractivity contribution >= 4 is 29.7 Å². The van der Waals surface area contributed by atoms with Gasteiger partial charge in [0.2, 0.25) is 5.95 Å². The van der Waals surface area contributed by atoms with E-state index in [2.05, 4.69) is 20.5 Å². The molecular formula is C20H17ClN4O4. The molecule has 0 saturated heterocycles. The zero-order chi connectivity index (χ0) is 20.8. The van der Waals surface area contributed by atoms with Gasteiger partial charge in [0.25, 0.3) is 5.56 Å². The Morgan fingerprint density at radius 2 is 1.93 bits per heavy atom. The largest absolute Gasteiger partial charge is 0.493 e. The molecule has 8 nitrogen and oxygen atoms in total. The molecule has 3 rings (SSSR count). The van der Waals surface area contributed by atoms with Crippen molar-refractivity contribution in [3.63, 3.8) is 0 Å². The third-order valence-corrected chi connectivity index (χ3v) is 3.98. The Kier molecular flexibility index (Phi) is 6.25. The summed E-state index contributed by atoms with van der Waals surface area (Å²) in [5, 5.41) is 4.56. The molecule has 0 fully saturated rings. The number of esters is 1. The molecule has 0 aliphatic rings. The predicted molar refractivity (Wildman–Crippen MR) is 110 cm³/mol. The number of hydrazone groups is 1. The summed E-state index contributed by atoms with van der Waals surface area (Å²) in [4.78, 5) is 30.3. The maximum absolute atomic E-state index is 12.3. The minimum Gasteiger partial charge on any atom is -0.493 e. The number of methoxy groups -OCH3 is 1. The number of carbonyl (C=O) groups is 1. The Bertz CT molecular complexity index is 1110. The molecule has 0 bridgehead atoms. The van der Waals surface area contributed by atoms with Crippen molar-refractivity contribution in [1.29, 1.82) is 0 Å². The maximum Gasteiger partial charge on any atom is 0.343 e. The van der Waals surface area contributed by atoms with E-state index in [0.717, 1.165) is 0 Å². The van der Waals surface area contributed by atoms with E-state index in [4.69, 9.17) is 21.1 Å². The SMILES string of the molecule is COc1cc(/C=N/Nc2nc(C)cc(=O)[nH]2)ccc1OC(=O)c1ccc(Cl)cc1. The first-order valence-electron chi connectivity index (χ1n) is 8.47. The molecule has 148 valence electrons. The third kappa shape index (κ3) is 5.43. The predicted octanol–water partition coefficient (Wildman–Crippen LogP) is 3.41. The van der Waals surface area contributed by atoms with Gasteiger partial charge >= 0.3 is 5.97 Å². The summed E-state index contributed by atoms with van der Waals surface area (Å²) in [6.45, 7) is 1.71. The molecule has 0 spiro atoms. The lowest BCUT2D eigenvalue weighted by Crippen LogP contribution is -2.10. The van der Waals surface area contributed by atoms with Gasteiger partial charge in [-0.2, -0.15) is 5.10 Å². The maximum atomic E-state index is 12.3. The monoisotopic (exact) mass is 412 g/mol. The molecule has 2 N–H and O–H groups in total. The van der Waals surface area contributed by atoms with E-state index in [1.54, 1.807) is 49.4 Å². The van der Waals surface area contributed by atoms with Gasteiger partial charge in [0.15, 0.2) is 11.5 Å². The fourth-order valence-electron chi connectivity index (χ4n) is 2.39. The summed E-state index contributed by atoms with van der Waals surface area (Å²) in [5.74, 6) is 0.324. The summed E-state index contributed by atoms with van der Waals surface area (Å²) in [7, 11) is 1.47. The standard InChI is InChI=1S/C20H17ClN4O4/c1-12-9-18(26)24-20(23-12)25-22-11-13-3-8-16(17(10-13)28-2)29-19(27)14-4-6-15(21)7-5-14/h3-11H,1-2H3,(H2,23,24,25,26)/b22-11+. The number of rotatable bonds is 6. The Labute approximate surface area is 171 Å². The molecule has 0 saturated carbocycles. The molecule has 1 aromatic heterocycles. The van der Waals surface area contributed by atoms with E-state index in [-0.39, 0.29) is 17.3 Å². The number of aromatic amines is 1. The second-order valence-electron chi connectivity index (χ2n) is 5.91. The van der Waals surface area contributed by atoms with Crippen molar-refractivity contribution in [3.05, 3.63) is 80.7 Å². The highest BCUT2D eigenvalue weighted by Crippen LogP contribution is 2.28. The van der Waals surface area contributed by atoms with E-state index in [1.807, 2.05) is 0 Å². The van der Waals surface area contributed by atoms with Gasteiger partial charge in [0.05, 0.1) is 18.9 Å². The van der Waals surface area contributed by atoms with Crippen LogP contribution in [0.25, 0.3) is 0 Å². The van der Waals surface area contributed by atoms with Crippen molar-refractivity contribution in [2.24, 2.45) is 5.10 Å². The number of H-pyrrole nitrogens is 1. The van der Waals surface area contributed by atoms with Crippen LogP contribution in [0.5, 0.6) is 11.5 Å². The van der Waals surface area contributed by atoms with E-state index in [9.17, 15) is 9.59 Å². The Balaban J connectivity index is 1.71. The molecule has 0 amide bonds. The van der Waals surface area contributed by atoms with Crippen LogP contribution in [0, 0.1) is 6.92 Å². The van der Waals surface area contributed by atoms with Crippen LogP contribution >= 0.6 is 11.6 Å². The smallest absolute Gasteiger partial charge is 0.343 e. The van der Waals surface area contributed by atoms with E-state index in [1.165, 1.54) is 19.4 Å². The number of benzene rings is 2. The minimum absolute atomic E-state index is 0.228. The number of nitrogens with one attached hydrogen (secondary N) is 2. The number of ether oxygens (including phenoxy) is 2. The first kappa shape index (κ1) is 20.1. The third-order valence-electron chi connectivity index (χ3n) is 3.72. The van der Waals surface area contributed by atoms with Gasteiger partial charge in [0, 0.05) is 16.8 Å². The first-order chi connectivity index (χ1) is 13.9. The Hall–Kier alpha value is -3.65. The second-order valence-corrected chi connectivity index (χ2v) is 6.35. The zero-order valence-corrected chi connectivity index (χ0v) is 16.4. The molecule has 0 atom stereocenters. The Morgan fingerprint density at radius 1 is 1.17 bits per heavy atom. The molecule has 0 unspecified atom stereocenters. The highest BCUT2D eigenvalue weighted by molar-refractivity contribution is 6.30. The van der Waals surface area contributed by atoms with Crippen molar-refractivity contribution in [3.8, 4) is 11.5 Å². The average molecular weight is 413 g/mol. The number of aryl methyl sites for hydroxylation is 1. The van der Waals surface area contributed by atoms with Crippen LogP contribution < -0.4 is 20.5 Å². The van der Waals surface area contributed by atoms with Crippen LogP contribution in [0.15, 0.2) is 58.4 Å². The number of aromatic nitrogens is 2. The van der Waals surface area contributed by atoms with Crippen molar-refractivity contribution in [1.82, 2.24) is 9.97 Å². The average Bonchev–Trinajstić information content (AvgIpc) is 2.68. The zero-order valence-electron chi connectivity index (χ0n) is 15.6. The summed E-state index contributed by atoms with van der Waals surface area (Å²) < 4.78 is 10.7. The number of carbonyl (C=O) groups excluding carboxylic acids is 1. The number of halogens is 1. The van der Waals surface area contributed by atoms with Crippen LogP contribution in [-0.4, -0.2) is 29.3 Å². The van der Waals surface area contributed by atoms with Gasteiger partial charge in [0.1, 0.15) is 0 Å². The van der Waals surface area contributed by atoms with Crippen LogP contribution in [0.2, 0.25) is 5.02 Å². The van der Waals surface area contributed by atoms with Gasteiger partial charge < -0.3 is 9.47 Å². The lowest BCUT2D eigenvalue weighted by molar-refractivity contribution is 0.0729. The van der Waals surface area contributed by atoms with Gasteiger partial charge in [-0.25, -0.2) is 15.2 Å². The molecule has 0 aliphatic heterocycles. The van der Waals surface area contributed by atoms with Crippen molar-refractivity contribution in [2.75, 3.05) is 12.5 Å². The van der Waals surface area contributed by atoms with Crippen LogP contribution in [-0.2, 0) is 0 Å². The summed E-state index contributed by atoms with van der Waals surface area (Å²) in [6.07, 6.45) is 1.51. The van der Waals surface area contributed by atoms with E-state index >= 15 is 0 Å². The molecule has 1 heterocycles. The number of nitrogens with zero attached hydrogens (tertiary/aromatic N) is 2. The molecule has 3 aromatic rings. The Morgan fingerprint density at radius 3 is 2.62 bits per heavy atom. The topological polar surface area (TPSA) is 106 Å². The number of hydrogen-bond donors (Lipinski definition) is 2. The van der Waals surface area contributed by atoms with Crippen LogP contribution in [0.4, 0.5) is 5.95 Å². The van der Waals surface area contributed by atoms with Crippen molar-refractivity contribution < 1.29 is 14.3 Å². The van der Waals surface area contributed by atoms with E-state index in [0.29, 0.717) is 27.6 Å². The van der Waals surface area contributed by atoms with Crippen LogP contribution in [0.3, 0.4) is 0 Å². The molecule has 29 heavy (non-hydrogen) atoms. The van der Waals surface area contributed by atoms with Gasteiger partial charge in [-0.3, -0.25) is 9.78 Å². The lowest BCUT2D eigenvalue weighted by Gasteiger charge is -2.10. The highest BCUT2D eigenvalue weighted by atomic mass is 35.5. The minimum atomic E-state index is -0.530. The van der Waals surface area contributed by atoms with Crippen molar-refractivity contribution in [2.45, 2.75) is 6.92 Å². The second kappa shape index (κ2) is 9.03. The van der Waals surface area contributed by atoms with Crippen LogP contribution in [0.1, 0.15) is 21.6 Å². The highest BCUT2D eigenvalue weighted by Gasteiger charge is 2.12. The molecule has 0 aliphatic carbocycles. The number of anilines is 1.